The summed E-state index contributed by atoms with van der Waals surface area (Å²) in [5.41, 5.74) is 7.60. The predicted octanol–water partition coefficient (Wildman–Crippen LogP) is 7.14. The molecule has 0 radical (unpaired) electrons. The van der Waals surface area contributed by atoms with Gasteiger partial charge in [0.25, 0.3) is 0 Å². The van der Waals surface area contributed by atoms with Crippen LogP contribution in [0.1, 0.15) is 71.4 Å². The maximum absolute atomic E-state index is 11.7. The molecule has 2 aliphatic rings. The Labute approximate surface area is 233 Å². The minimum Gasteiger partial charge on any atom is -0.393 e. The smallest absolute Gasteiger partial charge is 0.313 e. The maximum Gasteiger partial charge on any atom is 0.313 e. The van der Waals surface area contributed by atoms with Gasteiger partial charge in [-0.25, -0.2) is 0 Å². The summed E-state index contributed by atoms with van der Waals surface area (Å²) in [7, 11) is 2.14. The molecule has 39 heavy (non-hydrogen) atoms. The summed E-state index contributed by atoms with van der Waals surface area (Å²) in [6.45, 7) is 11.2. The van der Waals surface area contributed by atoms with E-state index in [0.717, 1.165) is 19.4 Å². The van der Waals surface area contributed by atoms with E-state index in [1.165, 1.54) is 40.8 Å². The summed E-state index contributed by atoms with van der Waals surface area (Å²) in [5.74, 6) is -0.987. The van der Waals surface area contributed by atoms with E-state index in [9.17, 15) is 9.59 Å². The maximum atomic E-state index is 11.7. The van der Waals surface area contributed by atoms with Crippen molar-refractivity contribution in [2.45, 2.75) is 71.1 Å². The van der Waals surface area contributed by atoms with Crippen LogP contribution < -0.4 is 4.90 Å². The van der Waals surface area contributed by atoms with Crippen molar-refractivity contribution in [1.29, 1.82) is 0 Å². The molecule has 204 valence electrons. The van der Waals surface area contributed by atoms with Crippen LogP contribution in [0.25, 0.3) is 0 Å². The number of benzene rings is 2. The summed E-state index contributed by atoms with van der Waals surface area (Å²) in [4.78, 5) is 25.0. The lowest BCUT2D eigenvalue weighted by molar-refractivity contribution is -0.401. The molecule has 0 saturated carbocycles. The third kappa shape index (κ3) is 5.83. The van der Waals surface area contributed by atoms with Gasteiger partial charge in [-0.3, -0.25) is 9.59 Å². The average Bonchev–Trinajstić information content (AvgIpc) is 3.22. The van der Waals surface area contributed by atoms with E-state index in [0.29, 0.717) is 6.42 Å². The van der Waals surface area contributed by atoms with E-state index in [4.69, 9.17) is 0 Å². The number of carbonyl (C=O) groups is 2. The van der Waals surface area contributed by atoms with E-state index in [1.54, 1.807) is 0 Å². The van der Waals surface area contributed by atoms with E-state index in [1.807, 2.05) is 0 Å². The van der Waals surface area contributed by atoms with Crippen molar-refractivity contribution >= 4 is 29.0 Å². The van der Waals surface area contributed by atoms with Crippen LogP contribution in [-0.4, -0.2) is 35.8 Å². The molecule has 2 aliphatic heterocycles. The van der Waals surface area contributed by atoms with Crippen molar-refractivity contribution in [2.75, 3.05) is 18.5 Å². The van der Waals surface area contributed by atoms with Gasteiger partial charge in [0, 0.05) is 54.4 Å². The van der Waals surface area contributed by atoms with E-state index in [-0.39, 0.29) is 17.3 Å². The van der Waals surface area contributed by atoms with E-state index in [2.05, 4.69) is 128 Å². The Bertz CT molecular complexity index is 1370. The highest BCUT2D eigenvalue weighted by atomic mass is 16.6. The van der Waals surface area contributed by atoms with Crippen LogP contribution in [0.5, 0.6) is 0 Å². The van der Waals surface area contributed by atoms with Crippen molar-refractivity contribution in [2.24, 2.45) is 0 Å². The third-order valence-electron chi connectivity index (χ3n) is 7.99. The molecule has 4 rings (SSSR count). The van der Waals surface area contributed by atoms with Crippen molar-refractivity contribution in [3.8, 4) is 0 Å². The molecular formula is C34H41N2O3+. The number of unbranched alkanes of at least 4 members (excludes halogenated alkanes) is 2. The first-order valence-electron chi connectivity index (χ1n) is 13.9. The lowest BCUT2D eigenvalue weighted by Gasteiger charge is -2.27. The number of fused-ring (bicyclic) bond motifs is 2. The number of hydrogen-bond acceptors (Lipinski definition) is 4. The molecule has 2 heterocycles. The number of esters is 2. The molecule has 0 saturated heterocycles. The molecule has 0 fully saturated rings. The van der Waals surface area contributed by atoms with Crippen LogP contribution in [0.2, 0.25) is 0 Å². The molecule has 0 aliphatic carbocycles. The fourth-order valence-electron chi connectivity index (χ4n) is 5.97. The van der Waals surface area contributed by atoms with Gasteiger partial charge in [0.1, 0.15) is 7.05 Å². The molecule has 0 bridgehead atoms. The van der Waals surface area contributed by atoms with Gasteiger partial charge < -0.3 is 9.64 Å². The van der Waals surface area contributed by atoms with E-state index < -0.39 is 11.9 Å². The normalized spacial score (nSPS) is 18.3. The second kappa shape index (κ2) is 11.6. The molecule has 0 N–H and O–H groups in total. The van der Waals surface area contributed by atoms with Crippen LogP contribution in [0.4, 0.5) is 11.4 Å². The van der Waals surface area contributed by atoms with Crippen molar-refractivity contribution in [3.05, 3.63) is 95.7 Å². The van der Waals surface area contributed by atoms with Crippen molar-refractivity contribution in [1.82, 2.24) is 0 Å². The number of anilines is 1. The van der Waals surface area contributed by atoms with Gasteiger partial charge in [-0.2, -0.15) is 4.58 Å². The molecule has 0 unspecified atom stereocenters. The molecule has 5 heteroatoms. The first kappa shape index (κ1) is 28.3. The number of nitrogens with zero attached hydrogens (tertiary/aromatic N) is 2. The number of para-hydroxylation sites is 2. The zero-order valence-electron chi connectivity index (χ0n) is 24.2. The SMILES string of the molecule is CC(=O)OC(=O)CCCCCN1/C(=C/C=C/C=C/C2=[N+](C)c3ccccc3C2(C)C)C(C)(C)c2ccccc21. The standard InChI is InChI=1S/C34H41N2O3/c1-25(37)39-32(38)23-11-8-16-24-36-29-20-15-13-18-27(29)34(4,5)31(36)22-10-7-9-21-30-33(2,3)26-17-12-14-19-28(26)35(30)6/h7,9-10,12-15,17-22H,8,11,16,23-24H2,1-6H3/q+1. The largest absolute Gasteiger partial charge is 0.393 e. The minimum atomic E-state index is -0.545. The lowest BCUT2D eigenvalue weighted by atomic mass is 9.81. The van der Waals surface area contributed by atoms with Crippen LogP contribution in [0.3, 0.4) is 0 Å². The summed E-state index contributed by atoms with van der Waals surface area (Å²) in [6.07, 6.45) is 13.7. The molecule has 0 atom stereocenters. The van der Waals surface area contributed by atoms with Crippen LogP contribution in [0.15, 0.2) is 84.6 Å². The second-order valence-corrected chi connectivity index (χ2v) is 11.5. The number of carbonyl (C=O) groups excluding carboxylic acids is 2. The highest BCUT2D eigenvalue weighted by Gasteiger charge is 2.42. The average molecular weight is 526 g/mol. The van der Waals surface area contributed by atoms with Crippen LogP contribution in [0, 0.1) is 0 Å². The number of allylic oxidation sites excluding steroid dienone is 6. The van der Waals surface area contributed by atoms with Gasteiger partial charge >= 0.3 is 11.9 Å². The first-order chi connectivity index (χ1) is 18.5. The van der Waals surface area contributed by atoms with Gasteiger partial charge in [-0.15, -0.1) is 0 Å². The Morgan fingerprint density at radius 2 is 1.56 bits per heavy atom. The predicted molar refractivity (Wildman–Crippen MR) is 159 cm³/mol. The molecule has 0 spiro atoms. The number of rotatable bonds is 9. The Hall–Kier alpha value is -3.73. The minimum absolute atomic E-state index is 0.0388. The fourth-order valence-corrected chi connectivity index (χ4v) is 5.97. The van der Waals surface area contributed by atoms with Crippen molar-refractivity contribution in [3.63, 3.8) is 0 Å². The topological polar surface area (TPSA) is 49.6 Å². The molecule has 5 nitrogen and oxygen atoms in total. The number of ether oxygens (including phenoxy) is 1. The molecular weight excluding hydrogens is 484 g/mol. The first-order valence-corrected chi connectivity index (χ1v) is 13.9. The van der Waals surface area contributed by atoms with Crippen molar-refractivity contribution < 1.29 is 18.9 Å². The second-order valence-electron chi connectivity index (χ2n) is 11.5. The van der Waals surface area contributed by atoms with Gasteiger partial charge in [0.05, 0.1) is 5.41 Å². The van der Waals surface area contributed by atoms with Gasteiger partial charge in [0.15, 0.2) is 5.71 Å². The van der Waals surface area contributed by atoms with E-state index >= 15 is 0 Å². The lowest BCUT2D eigenvalue weighted by Crippen LogP contribution is -2.27. The molecule has 2 aromatic carbocycles. The highest BCUT2D eigenvalue weighted by Crippen LogP contribution is 2.47. The van der Waals surface area contributed by atoms with Crippen LogP contribution in [-0.2, 0) is 25.2 Å². The Kier molecular flexibility index (Phi) is 8.39. The summed E-state index contributed by atoms with van der Waals surface area (Å²) >= 11 is 0. The summed E-state index contributed by atoms with van der Waals surface area (Å²) in [6, 6.07) is 17.2. The number of hydrogen-bond donors (Lipinski definition) is 0. The zero-order valence-corrected chi connectivity index (χ0v) is 24.2. The van der Waals surface area contributed by atoms with Crippen LogP contribution >= 0.6 is 0 Å². The van der Waals surface area contributed by atoms with Gasteiger partial charge in [0.2, 0.25) is 5.69 Å². The zero-order chi connectivity index (χ0) is 28.2. The van der Waals surface area contributed by atoms with Gasteiger partial charge in [-0.05, 0) is 44.4 Å². The third-order valence-corrected chi connectivity index (χ3v) is 7.99. The summed E-state index contributed by atoms with van der Waals surface area (Å²) < 4.78 is 6.92. The van der Waals surface area contributed by atoms with Gasteiger partial charge in [-0.1, -0.05) is 74.9 Å². The Morgan fingerprint density at radius 1 is 0.872 bits per heavy atom. The fraction of sp³-hybridized carbons (Fsp3) is 0.382. The quantitative estimate of drug-likeness (QED) is 0.115. The molecule has 0 aromatic heterocycles. The molecule has 2 aromatic rings. The molecule has 0 amide bonds. The monoisotopic (exact) mass is 525 g/mol. The highest BCUT2D eigenvalue weighted by molar-refractivity contribution is 6.03. The Balaban J connectivity index is 1.46. The summed E-state index contributed by atoms with van der Waals surface area (Å²) in [5, 5.41) is 0. The Morgan fingerprint density at radius 3 is 2.28 bits per heavy atom.